The highest BCUT2D eigenvalue weighted by Gasteiger charge is 2.27. The minimum Gasteiger partial charge on any atom is -0.463 e. The van der Waals surface area contributed by atoms with E-state index in [1.165, 1.54) is 41.7 Å². The van der Waals surface area contributed by atoms with Crippen molar-refractivity contribution in [3.8, 4) is 0 Å². The Kier molecular flexibility index (Phi) is 6.61. The number of furan rings is 1. The molecule has 1 aliphatic rings. The van der Waals surface area contributed by atoms with Crippen molar-refractivity contribution in [3.05, 3.63) is 52.4 Å². The second-order valence-corrected chi connectivity index (χ2v) is 8.79. The van der Waals surface area contributed by atoms with Gasteiger partial charge in [-0.05, 0) is 43.2 Å². The normalized spacial score (nSPS) is 15.1. The fraction of sp³-hybridized carbons (Fsp3) is 0.368. The SMILES string of the molecule is COC(=O)c1ccc(COC(=O)c2cc(S(=O)(=O)N3CCCCC3)ccc2Cl)o1. The number of esters is 2. The fourth-order valence-corrected chi connectivity index (χ4v) is 4.69. The van der Waals surface area contributed by atoms with E-state index < -0.39 is 22.0 Å². The molecule has 0 aliphatic carbocycles. The topological polar surface area (TPSA) is 103 Å². The van der Waals surface area contributed by atoms with Crippen LogP contribution in [-0.2, 0) is 26.1 Å². The number of methoxy groups -OCH3 is 1. The van der Waals surface area contributed by atoms with Crippen LogP contribution in [0.1, 0.15) is 45.9 Å². The molecule has 1 aliphatic heterocycles. The van der Waals surface area contributed by atoms with Crippen LogP contribution in [-0.4, -0.2) is 44.9 Å². The number of benzene rings is 1. The smallest absolute Gasteiger partial charge is 0.373 e. The maximum absolute atomic E-state index is 12.8. The van der Waals surface area contributed by atoms with Crippen LogP contribution in [0.25, 0.3) is 0 Å². The first kappa shape index (κ1) is 21.4. The van der Waals surface area contributed by atoms with E-state index in [0.29, 0.717) is 13.1 Å². The molecule has 2 aromatic rings. The van der Waals surface area contributed by atoms with Crippen molar-refractivity contribution in [1.29, 1.82) is 0 Å². The van der Waals surface area contributed by atoms with E-state index in [9.17, 15) is 18.0 Å². The molecule has 2 heterocycles. The van der Waals surface area contributed by atoms with Gasteiger partial charge < -0.3 is 13.9 Å². The van der Waals surface area contributed by atoms with Crippen molar-refractivity contribution in [3.63, 3.8) is 0 Å². The summed E-state index contributed by atoms with van der Waals surface area (Å²) in [6.45, 7) is 0.646. The Balaban J connectivity index is 1.74. The maximum atomic E-state index is 12.8. The molecular formula is C19H20ClNO7S. The summed E-state index contributed by atoms with van der Waals surface area (Å²) in [5, 5.41) is 0.0716. The zero-order valence-corrected chi connectivity index (χ0v) is 17.3. The minimum absolute atomic E-state index is 0.0123. The number of hydrogen-bond donors (Lipinski definition) is 0. The van der Waals surface area contributed by atoms with Crippen LogP contribution in [0.3, 0.4) is 0 Å². The number of carbonyl (C=O) groups excluding carboxylic acids is 2. The average molecular weight is 442 g/mol. The van der Waals surface area contributed by atoms with E-state index >= 15 is 0 Å². The van der Waals surface area contributed by atoms with Crippen LogP contribution >= 0.6 is 11.6 Å². The third kappa shape index (κ3) is 4.80. The lowest BCUT2D eigenvalue weighted by Crippen LogP contribution is -2.35. The molecule has 1 saturated heterocycles. The molecule has 0 bridgehead atoms. The summed E-state index contributed by atoms with van der Waals surface area (Å²) >= 11 is 6.08. The Morgan fingerprint density at radius 3 is 2.52 bits per heavy atom. The molecule has 8 nitrogen and oxygen atoms in total. The highest BCUT2D eigenvalue weighted by atomic mass is 35.5. The van der Waals surface area contributed by atoms with Crippen LogP contribution in [0.4, 0.5) is 0 Å². The van der Waals surface area contributed by atoms with E-state index in [1.54, 1.807) is 0 Å². The molecule has 1 aromatic heterocycles. The fourth-order valence-electron chi connectivity index (χ4n) is 2.96. The second-order valence-electron chi connectivity index (χ2n) is 6.44. The summed E-state index contributed by atoms with van der Waals surface area (Å²) in [5.74, 6) is -1.25. The summed E-state index contributed by atoms with van der Waals surface area (Å²) < 4.78 is 42.0. The number of hydrogen-bond acceptors (Lipinski definition) is 7. The van der Waals surface area contributed by atoms with Crippen molar-refractivity contribution in [2.75, 3.05) is 20.2 Å². The number of nitrogens with zero attached hydrogens (tertiary/aromatic N) is 1. The first-order valence-corrected chi connectivity index (χ1v) is 10.8. The van der Waals surface area contributed by atoms with E-state index in [1.807, 2.05) is 0 Å². The summed E-state index contributed by atoms with van der Waals surface area (Å²) in [5.41, 5.74) is -0.0653. The lowest BCUT2D eigenvalue weighted by molar-refractivity contribution is 0.0438. The number of piperidine rings is 1. The van der Waals surface area contributed by atoms with E-state index in [4.69, 9.17) is 20.8 Å². The Morgan fingerprint density at radius 2 is 1.83 bits per heavy atom. The molecule has 1 fully saturated rings. The molecule has 0 radical (unpaired) electrons. The number of carbonyl (C=O) groups is 2. The molecular weight excluding hydrogens is 422 g/mol. The first-order valence-electron chi connectivity index (χ1n) is 8.97. The molecule has 3 rings (SSSR count). The molecule has 0 amide bonds. The summed E-state index contributed by atoms with van der Waals surface area (Å²) in [6.07, 6.45) is 2.60. The molecule has 1 aromatic carbocycles. The molecule has 0 atom stereocenters. The molecule has 0 N–H and O–H groups in total. The van der Waals surface area contributed by atoms with Gasteiger partial charge >= 0.3 is 11.9 Å². The third-order valence-electron chi connectivity index (χ3n) is 4.50. The number of halogens is 1. The summed E-state index contributed by atoms with van der Waals surface area (Å²) in [7, 11) is -2.49. The van der Waals surface area contributed by atoms with Crippen LogP contribution in [0.5, 0.6) is 0 Å². The Morgan fingerprint density at radius 1 is 1.10 bits per heavy atom. The van der Waals surface area contributed by atoms with Crippen LogP contribution < -0.4 is 0 Å². The molecule has 0 saturated carbocycles. The van der Waals surface area contributed by atoms with Gasteiger partial charge in [0.15, 0.2) is 0 Å². The molecule has 10 heteroatoms. The van der Waals surface area contributed by atoms with Gasteiger partial charge in [0, 0.05) is 13.1 Å². The highest BCUT2D eigenvalue weighted by molar-refractivity contribution is 7.89. The first-order chi connectivity index (χ1) is 13.8. The van der Waals surface area contributed by atoms with Gasteiger partial charge in [0.1, 0.15) is 12.4 Å². The molecule has 0 spiro atoms. The largest absolute Gasteiger partial charge is 0.463 e. The molecule has 156 valence electrons. The van der Waals surface area contributed by atoms with Crippen LogP contribution in [0, 0.1) is 0 Å². The van der Waals surface area contributed by atoms with Crippen molar-refractivity contribution >= 4 is 33.6 Å². The van der Waals surface area contributed by atoms with Gasteiger partial charge in [-0.2, -0.15) is 4.31 Å². The second kappa shape index (κ2) is 8.98. The minimum atomic E-state index is -3.71. The molecule has 0 unspecified atom stereocenters. The van der Waals surface area contributed by atoms with E-state index in [0.717, 1.165) is 19.3 Å². The van der Waals surface area contributed by atoms with Crippen molar-refractivity contribution < 1.29 is 31.9 Å². The van der Waals surface area contributed by atoms with Gasteiger partial charge in [-0.3, -0.25) is 0 Å². The predicted molar refractivity (Wildman–Crippen MR) is 103 cm³/mol. The predicted octanol–water partition coefficient (Wildman–Crippen LogP) is 3.25. The number of ether oxygens (including phenoxy) is 2. The lowest BCUT2D eigenvalue weighted by atomic mass is 10.2. The van der Waals surface area contributed by atoms with Gasteiger partial charge in [-0.1, -0.05) is 18.0 Å². The Hall–Kier alpha value is -2.36. The van der Waals surface area contributed by atoms with Gasteiger partial charge in [0.05, 0.1) is 22.6 Å². The zero-order valence-electron chi connectivity index (χ0n) is 15.7. The summed E-state index contributed by atoms with van der Waals surface area (Å²) in [4.78, 5) is 23.8. The van der Waals surface area contributed by atoms with Gasteiger partial charge in [-0.15, -0.1) is 0 Å². The van der Waals surface area contributed by atoms with Crippen LogP contribution in [0.15, 0.2) is 39.6 Å². The van der Waals surface area contributed by atoms with Gasteiger partial charge in [0.25, 0.3) is 0 Å². The highest BCUT2D eigenvalue weighted by Crippen LogP contribution is 2.26. The Labute approximate surface area is 173 Å². The maximum Gasteiger partial charge on any atom is 0.373 e. The number of sulfonamides is 1. The van der Waals surface area contributed by atoms with Gasteiger partial charge in [0.2, 0.25) is 15.8 Å². The van der Waals surface area contributed by atoms with Crippen molar-refractivity contribution in [2.45, 2.75) is 30.8 Å². The van der Waals surface area contributed by atoms with E-state index in [2.05, 4.69) is 4.74 Å². The van der Waals surface area contributed by atoms with Crippen molar-refractivity contribution in [2.24, 2.45) is 0 Å². The van der Waals surface area contributed by atoms with Crippen molar-refractivity contribution in [1.82, 2.24) is 4.31 Å². The molecule has 29 heavy (non-hydrogen) atoms. The monoisotopic (exact) mass is 441 g/mol. The van der Waals surface area contributed by atoms with Crippen LogP contribution in [0.2, 0.25) is 5.02 Å². The Bertz CT molecular complexity index is 1010. The summed E-state index contributed by atoms with van der Waals surface area (Å²) in [6, 6.07) is 6.82. The van der Waals surface area contributed by atoms with Gasteiger partial charge in [-0.25, -0.2) is 18.0 Å². The quantitative estimate of drug-likeness (QED) is 0.634. The average Bonchev–Trinajstić information content (AvgIpc) is 3.21. The third-order valence-corrected chi connectivity index (χ3v) is 6.73. The standard InChI is InChI=1S/C19H20ClNO7S/c1-26-19(23)17-8-5-13(28-17)12-27-18(22)15-11-14(6-7-16(15)20)29(24,25)21-9-3-2-4-10-21/h5-8,11H,2-4,9-10,12H2,1H3. The zero-order chi connectivity index (χ0) is 21.0. The lowest BCUT2D eigenvalue weighted by Gasteiger charge is -2.26. The number of rotatable bonds is 6. The van der Waals surface area contributed by atoms with E-state index in [-0.39, 0.29) is 33.6 Å².